The number of hydrogen-bond donors (Lipinski definition) is 1. The molecular formula is C23H14Cl4N2O2. The Bertz CT molecular complexity index is 1200. The largest absolute Gasteiger partial charge is 0.488 e. The van der Waals surface area contributed by atoms with Gasteiger partial charge in [0.15, 0.2) is 0 Å². The first-order chi connectivity index (χ1) is 14.9. The van der Waals surface area contributed by atoms with E-state index in [1.54, 1.807) is 60.7 Å². The SMILES string of the molecule is N#C/C(=C\c1cc(Cl)ccc1OCc1ccc(Cl)c(Cl)c1)C(=O)Nc1ccccc1Cl. The summed E-state index contributed by atoms with van der Waals surface area (Å²) in [6, 6.07) is 18.7. The zero-order chi connectivity index (χ0) is 22.4. The van der Waals surface area contributed by atoms with Crippen LogP contribution < -0.4 is 10.1 Å². The van der Waals surface area contributed by atoms with Gasteiger partial charge in [0.1, 0.15) is 24.0 Å². The molecule has 8 heteroatoms. The van der Waals surface area contributed by atoms with Crippen LogP contribution in [0, 0.1) is 11.3 Å². The molecule has 0 fully saturated rings. The highest BCUT2D eigenvalue weighted by molar-refractivity contribution is 6.42. The summed E-state index contributed by atoms with van der Waals surface area (Å²) in [5.74, 6) is -0.167. The van der Waals surface area contributed by atoms with Crippen molar-refractivity contribution < 1.29 is 9.53 Å². The summed E-state index contributed by atoms with van der Waals surface area (Å²) in [6.07, 6.45) is 1.40. The van der Waals surface area contributed by atoms with Crippen molar-refractivity contribution in [2.24, 2.45) is 0 Å². The highest BCUT2D eigenvalue weighted by Crippen LogP contribution is 2.28. The highest BCUT2D eigenvalue weighted by atomic mass is 35.5. The van der Waals surface area contributed by atoms with Crippen molar-refractivity contribution in [3.05, 3.63) is 97.5 Å². The molecule has 1 amide bonds. The summed E-state index contributed by atoms with van der Waals surface area (Å²) >= 11 is 24.2. The molecule has 0 unspecified atom stereocenters. The molecule has 0 saturated carbocycles. The second-order valence-corrected chi connectivity index (χ2v) is 7.98. The topological polar surface area (TPSA) is 62.1 Å². The number of ether oxygens (including phenoxy) is 1. The predicted octanol–water partition coefficient (Wildman–Crippen LogP) is 7.42. The van der Waals surface area contributed by atoms with Crippen molar-refractivity contribution in [3.63, 3.8) is 0 Å². The summed E-state index contributed by atoms with van der Waals surface area (Å²) in [7, 11) is 0. The molecule has 3 aromatic rings. The lowest BCUT2D eigenvalue weighted by atomic mass is 10.1. The molecule has 156 valence electrons. The number of para-hydroxylation sites is 1. The van der Waals surface area contributed by atoms with Crippen molar-refractivity contribution in [1.82, 2.24) is 0 Å². The Morgan fingerprint density at radius 3 is 2.45 bits per heavy atom. The summed E-state index contributed by atoms with van der Waals surface area (Å²) in [5.41, 5.74) is 1.54. The molecule has 3 aromatic carbocycles. The van der Waals surface area contributed by atoms with Crippen LogP contribution in [0.4, 0.5) is 5.69 Å². The van der Waals surface area contributed by atoms with Crippen LogP contribution in [0.5, 0.6) is 5.75 Å². The van der Waals surface area contributed by atoms with Crippen LogP contribution >= 0.6 is 46.4 Å². The maximum Gasteiger partial charge on any atom is 0.266 e. The Hall–Kier alpha value is -2.68. The van der Waals surface area contributed by atoms with Crippen LogP contribution in [-0.2, 0) is 11.4 Å². The first-order valence-electron chi connectivity index (χ1n) is 8.91. The van der Waals surface area contributed by atoms with Crippen LogP contribution in [0.2, 0.25) is 20.1 Å². The summed E-state index contributed by atoms with van der Waals surface area (Å²) in [5, 5.41) is 13.8. The third-order valence-corrected chi connectivity index (χ3v) is 5.44. The van der Waals surface area contributed by atoms with Crippen molar-refractivity contribution in [2.45, 2.75) is 6.61 Å². The number of rotatable bonds is 6. The molecule has 0 aliphatic carbocycles. The van der Waals surface area contributed by atoms with Gasteiger partial charge in [0, 0.05) is 10.6 Å². The number of nitrogens with zero attached hydrogens (tertiary/aromatic N) is 1. The summed E-state index contributed by atoms with van der Waals surface area (Å²) in [6.45, 7) is 0.201. The minimum atomic E-state index is -0.606. The maximum absolute atomic E-state index is 12.6. The molecule has 0 aliphatic rings. The first-order valence-corrected chi connectivity index (χ1v) is 10.4. The number of hydrogen-bond acceptors (Lipinski definition) is 3. The van der Waals surface area contributed by atoms with Crippen LogP contribution in [-0.4, -0.2) is 5.91 Å². The zero-order valence-corrected chi connectivity index (χ0v) is 18.9. The fraction of sp³-hybridized carbons (Fsp3) is 0.0435. The molecule has 31 heavy (non-hydrogen) atoms. The molecule has 0 aromatic heterocycles. The second kappa shape index (κ2) is 10.6. The number of carbonyl (C=O) groups excluding carboxylic acids is 1. The monoisotopic (exact) mass is 490 g/mol. The quantitative estimate of drug-likeness (QED) is 0.288. The van der Waals surface area contributed by atoms with Gasteiger partial charge in [-0.2, -0.15) is 5.26 Å². The van der Waals surface area contributed by atoms with Gasteiger partial charge in [0.05, 0.1) is 20.8 Å². The third kappa shape index (κ3) is 6.16. The van der Waals surface area contributed by atoms with Crippen molar-refractivity contribution in [1.29, 1.82) is 5.26 Å². The molecule has 0 radical (unpaired) electrons. The Morgan fingerprint density at radius 1 is 0.968 bits per heavy atom. The van der Waals surface area contributed by atoms with Gasteiger partial charge in [-0.05, 0) is 54.1 Å². The van der Waals surface area contributed by atoms with Crippen LogP contribution in [0.3, 0.4) is 0 Å². The standard InChI is InChI=1S/C23H14Cl4N2O2/c24-17-6-8-22(31-13-14-5-7-18(25)20(27)9-14)15(11-17)10-16(12-28)23(30)29-21-4-2-1-3-19(21)26/h1-11H,13H2,(H,29,30)/b16-10+. The number of anilines is 1. The van der Waals surface area contributed by atoms with E-state index in [0.717, 1.165) is 5.56 Å². The highest BCUT2D eigenvalue weighted by Gasteiger charge is 2.13. The first kappa shape index (κ1) is 23.0. The van der Waals surface area contributed by atoms with E-state index in [0.29, 0.717) is 37.1 Å². The third-order valence-electron chi connectivity index (χ3n) is 4.14. The van der Waals surface area contributed by atoms with Gasteiger partial charge in [-0.15, -0.1) is 0 Å². The minimum Gasteiger partial charge on any atom is -0.488 e. The van der Waals surface area contributed by atoms with Crippen LogP contribution in [0.25, 0.3) is 6.08 Å². The van der Waals surface area contributed by atoms with E-state index in [1.807, 2.05) is 6.07 Å². The molecule has 0 spiro atoms. The van der Waals surface area contributed by atoms with Gasteiger partial charge in [-0.1, -0.05) is 64.6 Å². The van der Waals surface area contributed by atoms with Gasteiger partial charge in [0.25, 0.3) is 5.91 Å². The van der Waals surface area contributed by atoms with Crippen molar-refractivity contribution in [2.75, 3.05) is 5.32 Å². The molecule has 0 saturated heterocycles. The fourth-order valence-corrected chi connectivity index (χ4v) is 3.29. The Morgan fingerprint density at radius 2 is 1.74 bits per heavy atom. The molecule has 0 atom stereocenters. The van der Waals surface area contributed by atoms with E-state index >= 15 is 0 Å². The van der Waals surface area contributed by atoms with Crippen molar-refractivity contribution in [3.8, 4) is 11.8 Å². The van der Waals surface area contributed by atoms with Gasteiger partial charge < -0.3 is 10.1 Å². The number of halogens is 4. The van der Waals surface area contributed by atoms with E-state index < -0.39 is 5.91 Å². The Balaban J connectivity index is 1.84. The molecule has 0 heterocycles. The van der Waals surface area contributed by atoms with Crippen LogP contribution in [0.15, 0.2) is 66.2 Å². The summed E-state index contributed by atoms with van der Waals surface area (Å²) in [4.78, 5) is 12.6. The lowest BCUT2D eigenvalue weighted by Gasteiger charge is -2.11. The van der Waals surface area contributed by atoms with E-state index in [9.17, 15) is 10.1 Å². The average molecular weight is 492 g/mol. The lowest BCUT2D eigenvalue weighted by molar-refractivity contribution is -0.112. The van der Waals surface area contributed by atoms with E-state index in [-0.39, 0.29) is 12.2 Å². The second-order valence-electron chi connectivity index (χ2n) is 6.32. The number of benzene rings is 3. The Kier molecular flexibility index (Phi) is 7.84. The van der Waals surface area contributed by atoms with E-state index in [1.165, 1.54) is 6.08 Å². The smallest absolute Gasteiger partial charge is 0.266 e. The normalized spacial score (nSPS) is 11.0. The molecule has 3 rings (SSSR count). The maximum atomic E-state index is 12.6. The number of nitriles is 1. The van der Waals surface area contributed by atoms with Gasteiger partial charge in [-0.3, -0.25) is 4.79 Å². The number of amides is 1. The molecule has 0 aliphatic heterocycles. The molecule has 0 bridgehead atoms. The van der Waals surface area contributed by atoms with Gasteiger partial charge >= 0.3 is 0 Å². The number of nitrogens with one attached hydrogen (secondary N) is 1. The summed E-state index contributed by atoms with van der Waals surface area (Å²) < 4.78 is 5.87. The van der Waals surface area contributed by atoms with Gasteiger partial charge in [0.2, 0.25) is 0 Å². The molecule has 1 N–H and O–H groups in total. The zero-order valence-electron chi connectivity index (χ0n) is 15.8. The minimum absolute atomic E-state index is 0.137. The molecule has 4 nitrogen and oxygen atoms in total. The van der Waals surface area contributed by atoms with Crippen molar-refractivity contribution >= 4 is 64.1 Å². The molecular weight excluding hydrogens is 478 g/mol. The van der Waals surface area contributed by atoms with Gasteiger partial charge in [-0.25, -0.2) is 0 Å². The Labute approximate surface area is 199 Å². The lowest BCUT2D eigenvalue weighted by Crippen LogP contribution is -2.13. The van der Waals surface area contributed by atoms with E-state index in [2.05, 4.69) is 5.32 Å². The fourth-order valence-electron chi connectivity index (χ4n) is 2.61. The average Bonchev–Trinajstić information content (AvgIpc) is 2.75. The predicted molar refractivity (Wildman–Crippen MR) is 126 cm³/mol. The van der Waals surface area contributed by atoms with Crippen LogP contribution in [0.1, 0.15) is 11.1 Å². The van der Waals surface area contributed by atoms with E-state index in [4.69, 9.17) is 51.1 Å². The number of carbonyl (C=O) groups is 1.